The molecule has 1 aromatic carbocycles. The summed E-state index contributed by atoms with van der Waals surface area (Å²) in [4.78, 5) is 34.7. The summed E-state index contributed by atoms with van der Waals surface area (Å²) in [6.07, 6.45) is 0. The van der Waals surface area contributed by atoms with Crippen LogP contribution in [0.15, 0.2) is 29.1 Å². The number of aliphatic carboxylic acids is 1. The smallest absolute Gasteiger partial charge is 0.329 e. The summed E-state index contributed by atoms with van der Waals surface area (Å²) in [7, 11) is 0. The lowest BCUT2D eigenvalue weighted by atomic mass is 10.2. The molecular formula is C14H17N3O4. The fourth-order valence-corrected chi connectivity index (χ4v) is 2.37. The zero-order valence-corrected chi connectivity index (χ0v) is 11.9. The molecule has 0 aliphatic carbocycles. The predicted molar refractivity (Wildman–Crippen MR) is 77.1 cm³/mol. The van der Waals surface area contributed by atoms with E-state index in [0.29, 0.717) is 12.1 Å². The highest BCUT2D eigenvalue weighted by molar-refractivity contribution is 5.82. The van der Waals surface area contributed by atoms with Crippen molar-refractivity contribution in [2.24, 2.45) is 0 Å². The van der Waals surface area contributed by atoms with Crippen molar-refractivity contribution >= 4 is 22.9 Å². The van der Waals surface area contributed by atoms with Crippen LogP contribution in [0.5, 0.6) is 0 Å². The molecule has 0 spiro atoms. The van der Waals surface area contributed by atoms with E-state index in [1.165, 1.54) is 11.5 Å². The molecule has 7 heteroatoms. The van der Waals surface area contributed by atoms with Crippen LogP contribution in [0, 0.1) is 0 Å². The molecule has 1 heterocycles. The Kier molecular flexibility index (Phi) is 4.11. The minimum Gasteiger partial charge on any atom is -0.480 e. The number of hydrogen-bond donors (Lipinski definition) is 2. The monoisotopic (exact) mass is 291 g/mol. The van der Waals surface area contributed by atoms with Gasteiger partial charge >= 0.3 is 11.7 Å². The lowest BCUT2D eigenvalue weighted by Crippen LogP contribution is -2.44. The minimum absolute atomic E-state index is 0.110. The molecule has 0 aliphatic heterocycles. The average Bonchev–Trinajstić information content (AvgIpc) is 2.70. The van der Waals surface area contributed by atoms with Crippen LogP contribution in [-0.4, -0.2) is 32.2 Å². The Morgan fingerprint density at radius 2 is 1.81 bits per heavy atom. The zero-order chi connectivity index (χ0) is 15.6. The van der Waals surface area contributed by atoms with Crippen LogP contribution < -0.4 is 11.0 Å². The van der Waals surface area contributed by atoms with Gasteiger partial charge in [0.25, 0.3) is 0 Å². The van der Waals surface area contributed by atoms with Crippen LogP contribution in [-0.2, 0) is 22.7 Å². The van der Waals surface area contributed by atoms with Gasteiger partial charge in [0.05, 0.1) is 17.6 Å². The molecule has 0 radical (unpaired) electrons. The van der Waals surface area contributed by atoms with Gasteiger partial charge in [-0.2, -0.15) is 0 Å². The quantitative estimate of drug-likeness (QED) is 0.834. The van der Waals surface area contributed by atoms with Crippen LogP contribution >= 0.6 is 0 Å². The van der Waals surface area contributed by atoms with Gasteiger partial charge in [0, 0.05) is 13.5 Å². The van der Waals surface area contributed by atoms with Crippen molar-refractivity contribution in [3.05, 3.63) is 34.7 Å². The molecule has 21 heavy (non-hydrogen) atoms. The number of aryl methyl sites for hydroxylation is 1. The van der Waals surface area contributed by atoms with Crippen molar-refractivity contribution in [2.45, 2.75) is 33.0 Å². The van der Waals surface area contributed by atoms with Crippen LogP contribution in [0.4, 0.5) is 0 Å². The first-order chi connectivity index (χ1) is 9.95. The highest BCUT2D eigenvalue weighted by Gasteiger charge is 2.22. The van der Waals surface area contributed by atoms with E-state index in [2.05, 4.69) is 5.32 Å². The second-order valence-corrected chi connectivity index (χ2v) is 4.72. The third-order valence-electron chi connectivity index (χ3n) is 3.28. The van der Waals surface area contributed by atoms with Gasteiger partial charge in [-0.25, -0.2) is 9.59 Å². The lowest BCUT2D eigenvalue weighted by molar-refractivity contribution is -0.141. The number of nitrogens with zero attached hydrogens (tertiary/aromatic N) is 2. The van der Waals surface area contributed by atoms with Gasteiger partial charge in [0.15, 0.2) is 0 Å². The summed E-state index contributed by atoms with van der Waals surface area (Å²) in [5, 5.41) is 11.5. The number of carbonyl (C=O) groups excluding carboxylic acids is 1. The number of para-hydroxylation sites is 2. The van der Waals surface area contributed by atoms with E-state index in [0.717, 1.165) is 5.52 Å². The highest BCUT2D eigenvalue weighted by atomic mass is 16.4. The summed E-state index contributed by atoms with van der Waals surface area (Å²) >= 11 is 0. The van der Waals surface area contributed by atoms with Crippen LogP contribution in [0.3, 0.4) is 0 Å². The van der Waals surface area contributed by atoms with E-state index in [9.17, 15) is 19.5 Å². The number of hydrogen-bond acceptors (Lipinski definition) is 3. The second kappa shape index (κ2) is 5.82. The molecule has 0 saturated carbocycles. The van der Waals surface area contributed by atoms with Crippen molar-refractivity contribution in [3.63, 3.8) is 0 Å². The first-order valence-corrected chi connectivity index (χ1v) is 6.63. The normalized spacial score (nSPS) is 12.3. The summed E-state index contributed by atoms with van der Waals surface area (Å²) < 4.78 is 2.95. The number of aromatic nitrogens is 2. The van der Waals surface area contributed by atoms with Crippen LogP contribution in [0.1, 0.15) is 13.8 Å². The molecule has 1 aromatic heterocycles. The number of benzene rings is 1. The number of carboxylic acids is 1. The molecule has 0 saturated heterocycles. The van der Waals surface area contributed by atoms with Gasteiger partial charge < -0.3 is 10.4 Å². The molecule has 1 atom stereocenters. The SMILES string of the molecule is CCn1c(=O)n(CC(NC(C)=O)C(=O)O)c2ccccc21. The van der Waals surface area contributed by atoms with Crippen LogP contribution in [0.25, 0.3) is 11.0 Å². The Hall–Kier alpha value is -2.57. The van der Waals surface area contributed by atoms with Crippen molar-refractivity contribution in [1.29, 1.82) is 0 Å². The number of fused-ring (bicyclic) bond motifs is 1. The topological polar surface area (TPSA) is 93.3 Å². The van der Waals surface area contributed by atoms with Gasteiger partial charge in [-0.3, -0.25) is 13.9 Å². The fourth-order valence-electron chi connectivity index (χ4n) is 2.37. The van der Waals surface area contributed by atoms with E-state index in [-0.39, 0.29) is 12.2 Å². The number of imidazole rings is 1. The Labute approximate surface area is 120 Å². The van der Waals surface area contributed by atoms with Gasteiger partial charge in [-0.15, -0.1) is 0 Å². The third kappa shape index (κ3) is 2.81. The van der Waals surface area contributed by atoms with Gasteiger partial charge in [0.2, 0.25) is 5.91 Å². The number of amides is 1. The summed E-state index contributed by atoms with van der Waals surface area (Å²) in [6.45, 7) is 3.47. The molecule has 0 fully saturated rings. The summed E-state index contributed by atoms with van der Waals surface area (Å²) in [5.74, 6) is -1.62. The third-order valence-corrected chi connectivity index (χ3v) is 3.28. The van der Waals surface area contributed by atoms with Crippen molar-refractivity contribution in [2.75, 3.05) is 0 Å². The Bertz CT molecular complexity index is 744. The summed E-state index contributed by atoms with van der Waals surface area (Å²) in [5.41, 5.74) is 1.12. The fraction of sp³-hybridized carbons (Fsp3) is 0.357. The van der Waals surface area contributed by atoms with E-state index in [1.54, 1.807) is 16.7 Å². The Balaban J connectivity index is 2.51. The van der Waals surface area contributed by atoms with Crippen molar-refractivity contribution in [3.8, 4) is 0 Å². The van der Waals surface area contributed by atoms with E-state index < -0.39 is 17.9 Å². The maximum Gasteiger partial charge on any atom is 0.329 e. The average molecular weight is 291 g/mol. The van der Waals surface area contributed by atoms with Gasteiger partial charge in [-0.1, -0.05) is 12.1 Å². The first-order valence-electron chi connectivity index (χ1n) is 6.63. The van der Waals surface area contributed by atoms with Crippen LogP contribution in [0.2, 0.25) is 0 Å². The molecular weight excluding hydrogens is 274 g/mol. The molecule has 7 nitrogen and oxygen atoms in total. The highest BCUT2D eigenvalue weighted by Crippen LogP contribution is 2.13. The zero-order valence-electron chi connectivity index (χ0n) is 11.9. The summed E-state index contributed by atoms with van der Waals surface area (Å²) in [6, 6.07) is 6.03. The van der Waals surface area contributed by atoms with Crippen molar-refractivity contribution < 1.29 is 14.7 Å². The number of carboxylic acid groups (broad SMARTS) is 1. The minimum atomic E-state index is -1.18. The first kappa shape index (κ1) is 14.8. The molecule has 1 amide bonds. The predicted octanol–water partition coefficient (Wildman–Crippen LogP) is 0.412. The molecule has 112 valence electrons. The van der Waals surface area contributed by atoms with E-state index in [1.807, 2.05) is 19.1 Å². The molecule has 2 N–H and O–H groups in total. The number of nitrogens with one attached hydrogen (secondary N) is 1. The number of carbonyl (C=O) groups is 2. The molecule has 0 bridgehead atoms. The molecule has 2 rings (SSSR count). The lowest BCUT2D eigenvalue weighted by Gasteiger charge is -2.13. The van der Waals surface area contributed by atoms with E-state index in [4.69, 9.17) is 0 Å². The van der Waals surface area contributed by atoms with Gasteiger partial charge in [-0.05, 0) is 19.1 Å². The Morgan fingerprint density at radius 1 is 1.24 bits per heavy atom. The van der Waals surface area contributed by atoms with Crippen molar-refractivity contribution in [1.82, 2.24) is 14.5 Å². The molecule has 1 unspecified atom stereocenters. The molecule has 2 aromatic rings. The maximum atomic E-state index is 12.4. The largest absolute Gasteiger partial charge is 0.480 e. The Morgan fingerprint density at radius 3 is 2.29 bits per heavy atom. The standard InChI is InChI=1S/C14H17N3O4/c1-3-16-11-6-4-5-7-12(11)17(14(16)21)8-10(13(19)20)15-9(2)18/h4-7,10H,3,8H2,1-2H3,(H,15,18)(H,19,20). The number of rotatable bonds is 5. The van der Waals surface area contributed by atoms with E-state index >= 15 is 0 Å². The maximum absolute atomic E-state index is 12.4. The molecule has 0 aliphatic rings. The van der Waals surface area contributed by atoms with Gasteiger partial charge in [0.1, 0.15) is 6.04 Å². The second-order valence-electron chi connectivity index (χ2n) is 4.72.